The van der Waals surface area contributed by atoms with E-state index in [0.717, 1.165) is 10.0 Å². The summed E-state index contributed by atoms with van der Waals surface area (Å²) in [5.41, 5.74) is 1.14. The quantitative estimate of drug-likeness (QED) is 0.893. The number of aliphatic hydroxyl groups is 1. The van der Waals surface area contributed by atoms with Gasteiger partial charge in [0.25, 0.3) is 0 Å². The number of hydrogen-bond acceptors (Lipinski definition) is 2. The molecule has 2 atom stereocenters. The van der Waals surface area contributed by atoms with E-state index in [4.69, 9.17) is 4.74 Å². The zero-order valence-electron chi connectivity index (χ0n) is 9.11. The van der Waals surface area contributed by atoms with Crippen LogP contribution in [0.1, 0.15) is 18.4 Å². The van der Waals surface area contributed by atoms with Crippen LogP contribution in [0.2, 0.25) is 0 Å². The maximum atomic E-state index is 9.42. The van der Waals surface area contributed by atoms with E-state index in [1.165, 1.54) is 0 Å². The van der Waals surface area contributed by atoms with Gasteiger partial charge in [0, 0.05) is 24.1 Å². The fourth-order valence-corrected chi connectivity index (χ4v) is 2.32. The van der Waals surface area contributed by atoms with E-state index in [0.29, 0.717) is 12.5 Å². The zero-order chi connectivity index (χ0) is 11.3. The summed E-state index contributed by atoms with van der Waals surface area (Å²) in [4.78, 5) is 0. The number of aliphatic hydroxyl groups excluding tert-OH is 1. The third kappa shape index (κ3) is 3.30. The SMILES string of the molecule is COCC(C)C(CO)c1ccccc1Br. The van der Waals surface area contributed by atoms with Gasteiger partial charge in [-0.05, 0) is 17.5 Å². The van der Waals surface area contributed by atoms with Gasteiger partial charge in [0.2, 0.25) is 0 Å². The number of methoxy groups -OCH3 is 1. The molecule has 0 aliphatic heterocycles. The summed E-state index contributed by atoms with van der Waals surface area (Å²) in [6.07, 6.45) is 0. The van der Waals surface area contributed by atoms with Gasteiger partial charge in [-0.2, -0.15) is 0 Å². The average molecular weight is 273 g/mol. The van der Waals surface area contributed by atoms with Gasteiger partial charge in [-0.15, -0.1) is 0 Å². The largest absolute Gasteiger partial charge is 0.396 e. The summed E-state index contributed by atoms with van der Waals surface area (Å²) < 4.78 is 6.17. The van der Waals surface area contributed by atoms with Crippen molar-refractivity contribution in [1.82, 2.24) is 0 Å². The maximum Gasteiger partial charge on any atom is 0.0503 e. The molecule has 2 unspecified atom stereocenters. The van der Waals surface area contributed by atoms with Gasteiger partial charge >= 0.3 is 0 Å². The Bertz CT molecular complexity index is 301. The van der Waals surface area contributed by atoms with Crippen molar-refractivity contribution < 1.29 is 9.84 Å². The molecule has 0 radical (unpaired) electrons. The molecule has 0 amide bonds. The van der Waals surface area contributed by atoms with Gasteiger partial charge < -0.3 is 9.84 Å². The van der Waals surface area contributed by atoms with Crippen molar-refractivity contribution in [3.8, 4) is 0 Å². The minimum atomic E-state index is 0.125. The molecule has 0 aromatic heterocycles. The lowest BCUT2D eigenvalue weighted by Crippen LogP contribution is -2.18. The van der Waals surface area contributed by atoms with Crippen LogP contribution in [0.25, 0.3) is 0 Å². The predicted octanol–water partition coefficient (Wildman–Crippen LogP) is 2.81. The molecule has 0 saturated heterocycles. The molecule has 2 nitrogen and oxygen atoms in total. The van der Waals surface area contributed by atoms with Crippen molar-refractivity contribution in [3.63, 3.8) is 0 Å². The molecule has 1 N–H and O–H groups in total. The predicted molar refractivity (Wildman–Crippen MR) is 65.0 cm³/mol. The number of halogens is 1. The van der Waals surface area contributed by atoms with Crippen molar-refractivity contribution in [2.75, 3.05) is 20.3 Å². The second-order valence-corrected chi connectivity index (χ2v) is 4.60. The van der Waals surface area contributed by atoms with Crippen LogP contribution in [0.5, 0.6) is 0 Å². The second-order valence-electron chi connectivity index (χ2n) is 3.74. The number of benzene rings is 1. The molecule has 0 aliphatic carbocycles. The number of rotatable bonds is 5. The van der Waals surface area contributed by atoms with Gasteiger partial charge in [0.1, 0.15) is 0 Å². The number of ether oxygens (including phenoxy) is 1. The molecule has 0 spiro atoms. The fraction of sp³-hybridized carbons (Fsp3) is 0.500. The van der Waals surface area contributed by atoms with Crippen molar-refractivity contribution in [2.24, 2.45) is 5.92 Å². The van der Waals surface area contributed by atoms with Crippen LogP contribution in [-0.4, -0.2) is 25.4 Å². The maximum absolute atomic E-state index is 9.42. The van der Waals surface area contributed by atoms with Crippen LogP contribution in [0.4, 0.5) is 0 Å². The third-order valence-electron chi connectivity index (χ3n) is 2.62. The van der Waals surface area contributed by atoms with Crippen molar-refractivity contribution in [3.05, 3.63) is 34.3 Å². The molecular weight excluding hydrogens is 256 g/mol. The van der Waals surface area contributed by atoms with E-state index in [1.807, 2.05) is 24.3 Å². The topological polar surface area (TPSA) is 29.5 Å². The van der Waals surface area contributed by atoms with Crippen LogP contribution in [0, 0.1) is 5.92 Å². The van der Waals surface area contributed by atoms with Crippen LogP contribution in [-0.2, 0) is 4.74 Å². The molecule has 1 aromatic rings. The summed E-state index contributed by atoms with van der Waals surface area (Å²) in [6.45, 7) is 2.89. The highest BCUT2D eigenvalue weighted by molar-refractivity contribution is 9.10. The molecule has 0 fully saturated rings. The van der Waals surface area contributed by atoms with Crippen LogP contribution < -0.4 is 0 Å². The Morgan fingerprint density at radius 2 is 2.07 bits per heavy atom. The lowest BCUT2D eigenvalue weighted by molar-refractivity contribution is 0.125. The minimum absolute atomic E-state index is 0.125. The van der Waals surface area contributed by atoms with Gasteiger partial charge in [-0.1, -0.05) is 41.1 Å². The molecule has 1 rings (SSSR count). The normalized spacial score (nSPS) is 14.9. The third-order valence-corrected chi connectivity index (χ3v) is 3.34. The summed E-state index contributed by atoms with van der Waals surface area (Å²) >= 11 is 3.51. The molecule has 1 aromatic carbocycles. The van der Waals surface area contributed by atoms with E-state index in [2.05, 4.69) is 22.9 Å². The zero-order valence-corrected chi connectivity index (χ0v) is 10.7. The first-order chi connectivity index (χ1) is 7.20. The van der Waals surface area contributed by atoms with Gasteiger partial charge in [-0.3, -0.25) is 0 Å². The lowest BCUT2D eigenvalue weighted by Gasteiger charge is -2.22. The van der Waals surface area contributed by atoms with E-state index in [-0.39, 0.29) is 12.5 Å². The van der Waals surface area contributed by atoms with E-state index < -0.39 is 0 Å². The molecule has 84 valence electrons. The standard InChI is InChI=1S/C12H17BrO2/c1-9(8-15-2)11(7-14)10-5-3-4-6-12(10)13/h3-6,9,11,14H,7-8H2,1-2H3. The Morgan fingerprint density at radius 1 is 1.40 bits per heavy atom. The van der Waals surface area contributed by atoms with Crippen LogP contribution in [0.3, 0.4) is 0 Å². The summed E-state index contributed by atoms with van der Waals surface area (Å²) in [5.74, 6) is 0.430. The first-order valence-electron chi connectivity index (χ1n) is 5.05. The molecule has 15 heavy (non-hydrogen) atoms. The monoisotopic (exact) mass is 272 g/mol. The first-order valence-corrected chi connectivity index (χ1v) is 5.84. The fourth-order valence-electron chi connectivity index (χ4n) is 1.74. The molecule has 0 aliphatic rings. The lowest BCUT2D eigenvalue weighted by atomic mass is 9.88. The molecule has 0 heterocycles. The second kappa shape index (κ2) is 6.26. The van der Waals surface area contributed by atoms with Crippen molar-refractivity contribution in [2.45, 2.75) is 12.8 Å². The van der Waals surface area contributed by atoms with Gasteiger partial charge in [0.05, 0.1) is 6.61 Å². The summed E-state index contributed by atoms with van der Waals surface area (Å²) in [7, 11) is 1.69. The van der Waals surface area contributed by atoms with E-state index in [1.54, 1.807) is 7.11 Å². The Balaban J connectivity index is 2.87. The smallest absolute Gasteiger partial charge is 0.0503 e. The highest BCUT2D eigenvalue weighted by atomic mass is 79.9. The first kappa shape index (κ1) is 12.7. The molecular formula is C12H17BrO2. The van der Waals surface area contributed by atoms with Gasteiger partial charge in [-0.25, -0.2) is 0 Å². The van der Waals surface area contributed by atoms with Crippen molar-refractivity contribution >= 4 is 15.9 Å². The highest BCUT2D eigenvalue weighted by Crippen LogP contribution is 2.30. The summed E-state index contributed by atoms with van der Waals surface area (Å²) in [6, 6.07) is 8.00. The minimum Gasteiger partial charge on any atom is -0.396 e. The molecule has 0 saturated carbocycles. The Hall–Kier alpha value is -0.380. The Labute approximate surface area is 99.4 Å². The number of hydrogen-bond donors (Lipinski definition) is 1. The van der Waals surface area contributed by atoms with E-state index in [9.17, 15) is 5.11 Å². The van der Waals surface area contributed by atoms with Gasteiger partial charge in [0.15, 0.2) is 0 Å². The van der Waals surface area contributed by atoms with E-state index >= 15 is 0 Å². The average Bonchev–Trinajstić information content (AvgIpc) is 2.22. The molecule has 3 heteroatoms. The van der Waals surface area contributed by atoms with Crippen molar-refractivity contribution in [1.29, 1.82) is 0 Å². The molecule has 0 bridgehead atoms. The Morgan fingerprint density at radius 3 is 2.60 bits per heavy atom. The Kier molecular flexibility index (Phi) is 5.29. The highest BCUT2D eigenvalue weighted by Gasteiger charge is 2.20. The van der Waals surface area contributed by atoms with Crippen LogP contribution in [0.15, 0.2) is 28.7 Å². The summed E-state index contributed by atoms with van der Waals surface area (Å²) in [5, 5.41) is 9.42. The van der Waals surface area contributed by atoms with Crippen LogP contribution >= 0.6 is 15.9 Å².